The lowest BCUT2D eigenvalue weighted by Gasteiger charge is -2.09. The summed E-state index contributed by atoms with van der Waals surface area (Å²) in [6.45, 7) is 0. The summed E-state index contributed by atoms with van der Waals surface area (Å²) in [5, 5.41) is 0.512. The molecule has 0 aliphatic carbocycles. The van der Waals surface area contributed by atoms with Gasteiger partial charge in [-0.15, -0.1) is 13.2 Å². The van der Waals surface area contributed by atoms with Crippen LogP contribution in [0.5, 0.6) is 5.75 Å². The van der Waals surface area contributed by atoms with Crippen LogP contribution in [0.4, 0.5) is 13.2 Å². The van der Waals surface area contributed by atoms with Crippen molar-refractivity contribution in [2.75, 3.05) is 7.11 Å². The molecular formula is C12H8F3NO3. The molecule has 0 radical (unpaired) electrons. The summed E-state index contributed by atoms with van der Waals surface area (Å²) >= 11 is 0. The van der Waals surface area contributed by atoms with E-state index >= 15 is 0 Å². The number of carbonyl (C=O) groups is 1. The average molecular weight is 271 g/mol. The van der Waals surface area contributed by atoms with Crippen LogP contribution in [0.15, 0.2) is 30.5 Å². The summed E-state index contributed by atoms with van der Waals surface area (Å²) in [6, 6.07) is 5.16. The molecule has 1 aromatic carbocycles. The Hall–Kier alpha value is -2.31. The SMILES string of the molecule is COC(=O)c1cnc2cc(OC(F)(F)F)ccc2c1. The van der Waals surface area contributed by atoms with E-state index in [1.54, 1.807) is 0 Å². The zero-order valence-electron chi connectivity index (χ0n) is 9.69. The molecule has 2 aromatic rings. The Bertz CT molecular complexity index is 625. The third-order valence-corrected chi connectivity index (χ3v) is 2.31. The highest BCUT2D eigenvalue weighted by Gasteiger charge is 2.31. The monoisotopic (exact) mass is 271 g/mol. The maximum absolute atomic E-state index is 12.1. The number of ether oxygens (including phenoxy) is 2. The zero-order chi connectivity index (χ0) is 14.0. The second kappa shape index (κ2) is 4.75. The second-order valence-corrected chi connectivity index (χ2v) is 3.62. The number of aromatic nitrogens is 1. The molecule has 0 aliphatic heterocycles. The summed E-state index contributed by atoms with van der Waals surface area (Å²) in [5.41, 5.74) is 0.508. The van der Waals surface area contributed by atoms with Gasteiger partial charge in [-0.05, 0) is 18.2 Å². The van der Waals surface area contributed by atoms with E-state index in [1.165, 1.54) is 25.4 Å². The number of rotatable bonds is 2. The van der Waals surface area contributed by atoms with Crippen molar-refractivity contribution in [3.8, 4) is 5.75 Å². The van der Waals surface area contributed by atoms with E-state index in [1.807, 2.05) is 0 Å². The number of halogens is 3. The highest BCUT2D eigenvalue weighted by Crippen LogP contribution is 2.26. The first-order valence-corrected chi connectivity index (χ1v) is 5.13. The number of carbonyl (C=O) groups excluding carboxylic acids is 1. The maximum atomic E-state index is 12.1. The lowest BCUT2D eigenvalue weighted by atomic mass is 10.1. The van der Waals surface area contributed by atoms with Gasteiger partial charge < -0.3 is 9.47 Å². The van der Waals surface area contributed by atoms with Crippen molar-refractivity contribution in [1.82, 2.24) is 4.98 Å². The quantitative estimate of drug-likeness (QED) is 0.788. The molecule has 0 saturated carbocycles. The third-order valence-electron chi connectivity index (χ3n) is 2.31. The molecule has 100 valence electrons. The molecule has 0 unspecified atom stereocenters. The molecule has 0 atom stereocenters. The minimum Gasteiger partial charge on any atom is -0.465 e. The molecule has 0 bridgehead atoms. The van der Waals surface area contributed by atoms with E-state index in [2.05, 4.69) is 14.5 Å². The number of hydrogen-bond donors (Lipinski definition) is 0. The van der Waals surface area contributed by atoms with Gasteiger partial charge in [-0.2, -0.15) is 0 Å². The van der Waals surface area contributed by atoms with E-state index in [0.29, 0.717) is 5.39 Å². The molecule has 1 aromatic heterocycles. The number of pyridine rings is 1. The number of fused-ring (bicyclic) bond motifs is 1. The highest BCUT2D eigenvalue weighted by atomic mass is 19.4. The van der Waals surface area contributed by atoms with Gasteiger partial charge in [0, 0.05) is 17.6 Å². The fourth-order valence-electron chi connectivity index (χ4n) is 1.53. The fraction of sp³-hybridized carbons (Fsp3) is 0.167. The number of methoxy groups -OCH3 is 1. The Morgan fingerprint density at radius 3 is 2.63 bits per heavy atom. The Morgan fingerprint density at radius 2 is 2.00 bits per heavy atom. The van der Waals surface area contributed by atoms with Crippen LogP contribution in [0.2, 0.25) is 0 Å². The molecule has 0 saturated heterocycles. The van der Waals surface area contributed by atoms with Gasteiger partial charge in [0.1, 0.15) is 5.75 Å². The zero-order valence-corrected chi connectivity index (χ0v) is 9.69. The van der Waals surface area contributed by atoms with Crippen LogP contribution >= 0.6 is 0 Å². The molecule has 0 aliphatic rings. The summed E-state index contributed by atoms with van der Waals surface area (Å²) in [4.78, 5) is 15.2. The van der Waals surface area contributed by atoms with E-state index < -0.39 is 12.3 Å². The molecule has 0 amide bonds. The fourth-order valence-corrected chi connectivity index (χ4v) is 1.53. The molecule has 2 rings (SSSR count). The normalized spacial score (nSPS) is 11.4. The highest BCUT2D eigenvalue weighted by molar-refractivity contribution is 5.93. The van der Waals surface area contributed by atoms with Crippen LogP contribution in [0, 0.1) is 0 Å². The van der Waals surface area contributed by atoms with E-state index in [0.717, 1.165) is 12.1 Å². The van der Waals surface area contributed by atoms with Gasteiger partial charge in [0.25, 0.3) is 0 Å². The molecule has 4 nitrogen and oxygen atoms in total. The number of benzene rings is 1. The minimum absolute atomic E-state index is 0.222. The maximum Gasteiger partial charge on any atom is 0.573 e. The lowest BCUT2D eigenvalue weighted by molar-refractivity contribution is -0.274. The van der Waals surface area contributed by atoms with Crippen molar-refractivity contribution >= 4 is 16.9 Å². The van der Waals surface area contributed by atoms with Gasteiger partial charge in [0.15, 0.2) is 0 Å². The van der Waals surface area contributed by atoms with Crippen LogP contribution in [0.25, 0.3) is 10.9 Å². The number of nitrogens with zero attached hydrogens (tertiary/aromatic N) is 1. The van der Waals surface area contributed by atoms with Gasteiger partial charge in [0.05, 0.1) is 18.2 Å². The second-order valence-electron chi connectivity index (χ2n) is 3.62. The molecule has 7 heteroatoms. The van der Waals surface area contributed by atoms with Crippen molar-refractivity contribution in [2.45, 2.75) is 6.36 Å². The van der Waals surface area contributed by atoms with E-state index in [-0.39, 0.29) is 16.8 Å². The smallest absolute Gasteiger partial charge is 0.465 e. The van der Waals surface area contributed by atoms with Gasteiger partial charge >= 0.3 is 12.3 Å². The van der Waals surface area contributed by atoms with Crippen molar-refractivity contribution < 1.29 is 27.4 Å². The first-order valence-electron chi connectivity index (χ1n) is 5.13. The third kappa shape index (κ3) is 3.12. The summed E-state index contributed by atoms with van der Waals surface area (Å²) in [5.74, 6) is -0.927. The first-order chi connectivity index (χ1) is 8.89. The van der Waals surface area contributed by atoms with Gasteiger partial charge in [-0.3, -0.25) is 4.98 Å². The number of esters is 1. The van der Waals surface area contributed by atoms with E-state index in [9.17, 15) is 18.0 Å². The minimum atomic E-state index is -4.75. The van der Waals surface area contributed by atoms with Crippen LogP contribution < -0.4 is 4.74 Å². The van der Waals surface area contributed by atoms with Crippen molar-refractivity contribution in [2.24, 2.45) is 0 Å². The molecule has 0 spiro atoms. The molecule has 0 fully saturated rings. The molecule has 1 heterocycles. The number of hydrogen-bond acceptors (Lipinski definition) is 4. The van der Waals surface area contributed by atoms with E-state index in [4.69, 9.17) is 0 Å². The largest absolute Gasteiger partial charge is 0.573 e. The summed E-state index contributed by atoms with van der Waals surface area (Å²) in [7, 11) is 1.23. The summed E-state index contributed by atoms with van der Waals surface area (Å²) in [6.07, 6.45) is -3.52. The van der Waals surface area contributed by atoms with Crippen LogP contribution in [-0.2, 0) is 4.74 Å². The van der Waals surface area contributed by atoms with Gasteiger partial charge in [0.2, 0.25) is 0 Å². The Labute approximate surface area is 105 Å². The van der Waals surface area contributed by atoms with Crippen LogP contribution in [0.1, 0.15) is 10.4 Å². The van der Waals surface area contributed by atoms with Gasteiger partial charge in [-0.1, -0.05) is 0 Å². The lowest BCUT2D eigenvalue weighted by Crippen LogP contribution is -2.17. The van der Waals surface area contributed by atoms with Crippen molar-refractivity contribution in [1.29, 1.82) is 0 Å². The Morgan fingerprint density at radius 1 is 1.26 bits per heavy atom. The Balaban J connectivity index is 2.38. The summed E-state index contributed by atoms with van der Waals surface area (Å²) < 4.78 is 44.5. The molecule has 19 heavy (non-hydrogen) atoms. The predicted octanol–water partition coefficient (Wildman–Crippen LogP) is 2.92. The van der Waals surface area contributed by atoms with Gasteiger partial charge in [-0.25, -0.2) is 4.79 Å². The number of alkyl halides is 3. The first kappa shape index (κ1) is 13.1. The standard InChI is InChI=1S/C12H8F3NO3/c1-18-11(17)8-4-7-2-3-9(19-12(13,14)15)5-10(7)16-6-8/h2-6H,1H3. The van der Waals surface area contributed by atoms with Crippen LogP contribution in [0.3, 0.4) is 0 Å². The predicted molar refractivity (Wildman–Crippen MR) is 59.8 cm³/mol. The molecular weight excluding hydrogens is 263 g/mol. The van der Waals surface area contributed by atoms with Crippen molar-refractivity contribution in [3.05, 3.63) is 36.0 Å². The average Bonchev–Trinajstić information content (AvgIpc) is 2.35. The Kier molecular flexibility index (Phi) is 3.28. The van der Waals surface area contributed by atoms with Crippen molar-refractivity contribution in [3.63, 3.8) is 0 Å². The van der Waals surface area contributed by atoms with Crippen LogP contribution in [-0.4, -0.2) is 24.4 Å². The topological polar surface area (TPSA) is 48.4 Å². The molecule has 0 N–H and O–H groups in total.